The van der Waals surface area contributed by atoms with Crippen LogP contribution in [0.3, 0.4) is 0 Å². The van der Waals surface area contributed by atoms with E-state index in [2.05, 4.69) is 10.2 Å². The van der Waals surface area contributed by atoms with Gasteiger partial charge in [-0.25, -0.2) is 4.79 Å². The molecule has 6 rings (SSSR count). The zero-order chi connectivity index (χ0) is 27.0. The highest BCUT2D eigenvalue weighted by Gasteiger charge is 2.51. The Morgan fingerprint density at radius 3 is 2.37 bits per heavy atom. The number of hydrogen-bond donors (Lipinski definition) is 1. The van der Waals surface area contributed by atoms with Crippen LogP contribution in [-0.2, 0) is 26.0 Å². The molecule has 4 aliphatic heterocycles. The second-order valence-electron chi connectivity index (χ2n) is 11.1. The van der Waals surface area contributed by atoms with E-state index in [1.54, 1.807) is 11.3 Å². The highest BCUT2D eigenvalue weighted by atomic mass is 32.1. The minimum absolute atomic E-state index is 0.204. The molecule has 2 atom stereocenters. The third-order valence-electron chi connectivity index (χ3n) is 8.66. The Bertz CT molecular complexity index is 1120. The van der Waals surface area contributed by atoms with Crippen molar-refractivity contribution in [2.75, 3.05) is 44.6 Å². The van der Waals surface area contributed by atoms with Crippen molar-refractivity contribution >= 4 is 28.9 Å². The molecule has 1 amide bonds. The Morgan fingerprint density at radius 2 is 1.76 bits per heavy atom. The molecule has 0 saturated carbocycles. The quantitative estimate of drug-likeness (QED) is 0.378. The predicted molar refractivity (Wildman–Crippen MR) is 140 cm³/mol. The second-order valence-corrected chi connectivity index (χ2v) is 12.1. The lowest BCUT2D eigenvalue weighted by Gasteiger charge is -2.52. The monoisotopic (exact) mass is 550 g/mol. The fourth-order valence-electron chi connectivity index (χ4n) is 6.36. The van der Waals surface area contributed by atoms with E-state index in [1.165, 1.54) is 18.6 Å². The molecule has 0 aliphatic carbocycles. The van der Waals surface area contributed by atoms with Gasteiger partial charge < -0.3 is 14.5 Å². The first-order valence-corrected chi connectivity index (χ1v) is 14.3. The lowest BCUT2D eigenvalue weighted by Crippen LogP contribution is -2.66. The van der Waals surface area contributed by atoms with Crippen molar-refractivity contribution in [1.82, 2.24) is 4.90 Å². The summed E-state index contributed by atoms with van der Waals surface area (Å²) >= 11 is 1.58. The summed E-state index contributed by atoms with van der Waals surface area (Å²) in [4.78, 5) is 30.0. The fraction of sp³-hybridized carbons (Fsp3) is 0.571. The number of ether oxygens (including phenoxy) is 1. The van der Waals surface area contributed by atoms with Crippen molar-refractivity contribution in [2.24, 2.45) is 5.92 Å². The molecule has 0 spiro atoms. The molecule has 4 saturated heterocycles. The number of carbonyl (C=O) groups is 2. The van der Waals surface area contributed by atoms with Crippen LogP contribution >= 0.6 is 11.3 Å². The van der Waals surface area contributed by atoms with Crippen LogP contribution in [0, 0.1) is 5.92 Å². The molecule has 0 radical (unpaired) electrons. The topological polar surface area (TPSA) is 58.6 Å². The first-order chi connectivity index (χ1) is 18.1. The number of alkyl halides is 3. The van der Waals surface area contributed by atoms with Gasteiger partial charge in [0.15, 0.2) is 18.2 Å². The van der Waals surface area contributed by atoms with Crippen LogP contribution in [0.1, 0.15) is 49.5 Å². The van der Waals surface area contributed by atoms with Gasteiger partial charge in [-0.15, -0.1) is 11.3 Å². The van der Waals surface area contributed by atoms with Gasteiger partial charge in [-0.3, -0.25) is 9.69 Å². The Labute approximate surface area is 225 Å². The van der Waals surface area contributed by atoms with Gasteiger partial charge in [-0.1, -0.05) is 12.5 Å². The van der Waals surface area contributed by atoms with Crippen LogP contribution in [0.25, 0.3) is 0 Å². The number of carbonyl (C=O) groups excluding carboxylic acids is 2. The number of halogens is 3. The van der Waals surface area contributed by atoms with E-state index in [-0.39, 0.29) is 30.4 Å². The number of hydrogen-bond acceptors (Lipinski definition) is 5. The first kappa shape index (κ1) is 27.1. The van der Waals surface area contributed by atoms with Crippen LogP contribution in [0.2, 0.25) is 0 Å². The van der Waals surface area contributed by atoms with Gasteiger partial charge in [0.05, 0.1) is 18.7 Å². The Kier molecular flexibility index (Phi) is 7.59. The van der Waals surface area contributed by atoms with E-state index in [1.807, 2.05) is 24.4 Å². The van der Waals surface area contributed by atoms with Crippen molar-refractivity contribution in [1.29, 1.82) is 0 Å². The van der Waals surface area contributed by atoms with E-state index < -0.39 is 17.3 Å². The number of thiophene rings is 1. The lowest BCUT2D eigenvalue weighted by atomic mass is 9.83. The third kappa shape index (κ3) is 5.49. The molecule has 38 heavy (non-hydrogen) atoms. The number of esters is 1. The Balaban J connectivity index is 1.25. The zero-order valence-electron chi connectivity index (χ0n) is 21.6. The molecular formula is C28H35F3N3O3S+. The third-order valence-corrected chi connectivity index (χ3v) is 9.74. The van der Waals surface area contributed by atoms with Crippen molar-refractivity contribution in [3.05, 3.63) is 52.2 Å². The summed E-state index contributed by atoms with van der Waals surface area (Å²) in [6, 6.07) is 8.48. The molecule has 206 valence electrons. The molecule has 4 aliphatic rings. The first-order valence-electron chi connectivity index (χ1n) is 13.4. The van der Waals surface area contributed by atoms with E-state index in [0.717, 1.165) is 68.9 Å². The molecule has 10 heteroatoms. The van der Waals surface area contributed by atoms with Gasteiger partial charge in [-0.2, -0.15) is 13.2 Å². The van der Waals surface area contributed by atoms with E-state index in [9.17, 15) is 22.8 Å². The average Bonchev–Trinajstić information content (AvgIpc) is 3.44. The molecule has 2 bridgehead atoms. The smallest absolute Gasteiger partial charge is 0.416 e. The molecule has 5 heterocycles. The van der Waals surface area contributed by atoms with Gasteiger partial charge in [0.1, 0.15) is 6.54 Å². The molecule has 4 fully saturated rings. The van der Waals surface area contributed by atoms with Crippen molar-refractivity contribution in [3.63, 3.8) is 0 Å². The van der Waals surface area contributed by atoms with Crippen LogP contribution in [0.15, 0.2) is 41.8 Å². The zero-order valence-corrected chi connectivity index (χ0v) is 22.5. The maximum absolute atomic E-state index is 13.8. The Morgan fingerprint density at radius 1 is 1.08 bits per heavy atom. The number of piperidine rings is 4. The van der Waals surface area contributed by atoms with Gasteiger partial charge >= 0.3 is 12.1 Å². The number of fused-ring (bicyclic) bond motifs is 3. The van der Waals surface area contributed by atoms with Crippen LogP contribution in [0.5, 0.6) is 0 Å². The molecule has 1 aromatic heterocycles. The summed E-state index contributed by atoms with van der Waals surface area (Å²) in [6.07, 6.45) is 0.385. The highest BCUT2D eigenvalue weighted by molar-refractivity contribution is 7.10. The minimum atomic E-state index is -4.42. The van der Waals surface area contributed by atoms with Crippen molar-refractivity contribution in [2.45, 2.75) is 56.8 Å². The minimum Gasteiger partial charge on any atom is -0.454 e. The molecule has 2 aromatic rings. The second kappa shape index (κ2) is 10.6. The van der Waals surface area contributed by atoms with Gasteiger partial charge in [-0.05, 0) is 68.6 Å². The standard InChI is InChI=1S/C28H34F3N3O3S/c1-27(24-6-5-17-38-24,33-13-3-2-4-14-33)26(36)37-23-18-34(15-11-20(23)12-16-34)19-25(35)32-22-9-7-21(8-10-22)28(29,30)31/h5-10,17,20,23H,2-4,11-16,18-19H2,1H3/p+1/t20?,23-,27?,34?/m0/s1. The normalized spacial score (nSPS) is 27.5. The molecule has 6 nitrogen and oxygen atoms in total. The fourth-order valence-corrected chi connectivity index (χ4v) is 7.26. The number of nitrogens with one attached hydrogen (secondary N) is 1. The van der Waals surface area contributed by atoms with Crippen molar-refractivity contribution < 1.29 is 32.0 Å². The van der Waals surface area contributed by atoms with Gasteiger partial charge in [0.25, 0.3) is 5.91 Å². The summed E-state index contributed by atoms with van der Waals surface area (Å²) in [7, 11) is 0. The number of likely N-dealkylation sites (tertiary alicyclic amines) is 1. The number of anilines is 1. The summed E-state index contributed by atoms with van der Waals surface area (Å²) < 4.78 is 45.4. The van der Waals surface area contributed by atoms with E-state index in [0.29, 0.717) is 16.7 Å². The molecule has 1 aromatic carbocycles. The summed E-state index contributed by atoms with van der Waals surface area (Å²) in [5.74, 6) is -0.175. The number of rotatable bonds is 7. The van der Waals surface area contributed by atoms with Crippen LogP contribution < -0.4 is 5.32 Å². The Hall–Kier alpha value is -2.43. The van der Waals surface area contributed by atoms with Crippen LogP contribution in [0.4, 0.5) is 18.9 Å². The lowest BCUT2D eigenvalue weighted by molar-refractivity contribution is -0.939. The number of quaternary nitrogens is 1. The number of nitrogens with zero attached hydrogens (tertiary/aromatic N) is 2. The maximum atomic E-state index is 13.8. The SMILES string of the molecule is CC(C(=O)O[C@H]1C[N+]2(CC(=O)Nc3ccc(C(F)(F)F)cc3)CCC1CC2)(c1cccs1)N1CCCCC1. The van der Waals surface area contributed by atoms with Gasteiger partial charge in [0.2, 0.25) is 0 Å². The highest BCUT2D eigenvalue weighted by Crippen LogP contribution is 2.40. The summed E-state index contributed by atoms with van der Waals surface area (Å²) in [5.41, 5.74) is -1.24. The van der Waals surface area contributed by atoms with Gasteiger partial charge in [0, 0.05) is 29.3 Å². The molecular weight excluding hydrogens is 515 g/mol. The number of benzene rings is 1. The van der Waals surface area contributed by atoms with E-state index in [4.69, 9.17) is 4.74 Å². The summed E-state index contributed by atoms with van der Waals surface area (Å²) in [5, 5.41) is 4.75. The predicted octanol–water partition coefficient (Wildman–Crippen LogP) is 5.26. The van der Waals surface area contributed by atoms with Crippen LogP contribution in [-0.4, -0.2) is 66.6 Å². The maximum Gasteiger partial charge on any atom is 0.416 e. The molecule has 1 N–H and O–H groups in total. The van der Waals surface area contributed by atoms with Crippen molar-refractivity contribution in [3.8, 4) is 0 Å². The molecule has 1 unspecified atom stereocenters. The van der Waals surface area contributed by atoms with E-state index >= 15 is 0 Å². The number of amides is 1. The largest absolute Gasteiger partial charge is 0.454 e. The summed E-state index contributed by atoms with van der Waals surface area (Å²) in [6.45, 7) is 6.15. The average molecular weight is 551 g/mol.